The van der Waals surface area contributed by atoms with Crippen LogP contribution in [0.25, 0.3) is 0 Å². The molecule has 0 heterocycles. The van der Waals surface area contributed by atoms with Gasteiger partial charge < -0.3 is 14.8 Å². The minimum Gasteiger partial charge on any atom is -0.486 e. The van der Waals surface area contributed by atoms with Crippen molar-refractivity contribution >= 4 is 15.9 Å². The van der Waals surface area contributed by atoms with Crippen molar-refractivity contribution in [1.82, 2.24) is 5.32 Å². The number of halogens is 1. The van der Waals surface area contributed by atoms with Crippen molar-refractivity contribution in [2.75, 3.05) is 26.8 Å². The maximum absolute atomic E-state index is 5.85. The van der Waals surface area contributed by atoms with Crippen molar-refractivity contribution in [3.8, 4) is 5.75 Å². The van der Waals surface area contributed by atoms with Crippen LogP contribution in [0.5, 0.6) is 5.75 Å². The van der Waals surface area contributed by atoms with E-state index in [0.717, 1.165) is 23.3 Å². The molecule has 1 rings (SSSR count). The molecule has 0 bridgehead atoms. The molecule has 1 aromatic carbocycles. The van der Waals surface area contributed by atoms with E-state index in [1.807, 2.05) is 24.3 Å². The summed E-state index contributed by atoms with van der Waals surface area (Å²) in [4.78, 5) is 0. The predicted molar refractivity (Wildman–Crippen MR) is 69.0 cm³/mol. The highest BCUT2D eigenvalue weighted by atomic mass is 79.9. The van der Waals surface area contributed by atoms with Crippen LogP contribution in [0.3, 0.4) is 0 Å². The van der Waals surface area contributed by atoms with Crippen LogP contribution in [-0.4, -0.2) is 32.9 Å². The molecule has 1 aromatic rings. The molecule has 16 heavy (non-hydrogen) atoms. The lowest BCUT2D eigenvalue weighted by atomic mass is 10.3. The first kappa shape index (κ1) is 13.5. The molecule has 3 nitrogen and oxygen atoms in total. The molecule has 0 saturated heterocycles. The van der Waals surface area contributed by atoms with Gasteiger partial charge in [0.15, 0.2) is 0 Å². The van der Waals surface area contributed by atoms with Crippen LogP contribution >= 0.6 is 15.9 Å². The van der Waals surface area contributed by atoms with Gasteiger partial charge in [0, 0.05) is 13.7 Å². The Kier molecular flexibility index (Phi) is 6.45. The summed E-state index contributed by atoms with van der Waals surface area (Å²) in [5.74, 6) is 0.849. The van der Waals surface area contributed by atoms with Crippen molar-refractivity contribution in [2.45, 2.75) is 13.0 Å². The molecule has 0 aliphatic rings. The Labute approximate surface area is 105 Å². The van der Waals surface area contributed by atoms with Crippen molar-refractivity contribution in [3.63, 3.8) is 0 Å². The first-order valence-electron chi connectivity index (χ1n) is 5.38. The van der Waals surface area contributed by atoms with Gasteiger partial charge >= 0.3 is 0 Å². The van der Waals surface area contributed by atoms with E-state index in [9.17, 15) is 0 Å². The molecule has 4 heteroatoms. The Morgan fingerprint density at radius 1 is 1.38 bits per heavy atom. The molecule has 0 aromatic heterocycles. The Morgan fingerprint density at radius 3 is 2.75 bits per heavy atom. The van der Waals surface area contributed by atoms with Crippen LogP contribution in [0, 0.1) is 0 Å². The van der Waals surface area contributed by atoms with Gasteiger partial charge in [-0.25, -0.2) is 0 Å². The normalized spacial score (nSPS) is 12.4. The Balaban J connectivity index is 2.56. The van der Waals surface area contributed by atoms with E-state index in [0.29, 0.717) is 6.61 Å². The molecule has 0 spiro atoms. The minimum absolute atomic E-state index is 0.0312. The van der Waals surface area contributed by atoms with Gasteiger partial charge in [0.25, 0.3) is 0 Å². The topological polar surface area (TPSA) is 30.5 Å². The number of hydrogen-bond donors (Lipinski definition) is 1. The van der Waals surface area contributed by atoms with Crippen molar-refractivity contribution in [3.05, 3.63) is 28.7 Å². The van der Waals surface area contributed by atoms with Gasteiger partial charge in [-0.15, -0.1) is 0 Å². The van der Waals surface area contributed by atoms with Crippen molar-refractivity contribution < 1.29 is 9.47 Å². The molecule has 0 amide bonds. The highest BCUT2D eigenvalue weighted by molar-refractivity contribution is 9.10. The minimum atomic E-state index is 0.0312. The molecular formula is C12H18BrNO2. The Bertz CT molecular complexity index is 307. The number of likely N-dealkylation sites (N-methyl/N-ethyl adjacent to an activating group) is 1. The summed E-state index contributed by atoms with van der Waals surface area (Å²) in [5.41, 5.74) is 0. The SMILES string of the molecule is CCNCC(COC)Oc1ccccc1Br. The molecule has 0 radical (unpaired) electrons. The lowest BCUT2D eigenvalue weighted by Crippen LogP contribution is -2.34. The van der Waals surface area contributed by atoms with E-state index >= 15 is 0 Å². The van der Waals surface area contributed by atoms with Crippen LogP contribution in [0.2, 0.25) is 0 Å². The standard InChI is InChI=1S/C12H18BrNO2/c1-3-14-8-10(9-15-2)16-12-7-5-4-6-11(12)13/h4-7,10,14H,3,8-9H2,1-2H3. The Morgan fingerprint density at radius 2 is 2.12 bits per heavy atom. The van der Waals surface area contributed by atoms with E-state index < -0.39 is 0 Å². The first-order valence-corrected chi connectivity index (χ1v) is 6.18. The molecule has 0 aliphatic carbocycles. The van der Waals surface area contributed by atoms with Gasteiger partial charge in [-0.3, -0.25) is 0 Å². The first-order chi connectivity index (χ1) is 7.77. The molecular weight excluding hydrogens is 270 g/mol. The third-order valence-corrected chi connectivity index (χ3v) is 2.76. The third-order valence-electron chi connectivity index (χ3n) is 2.10. The Hall–Kier alpha value is -0.580. The van der Waals surface area contributed by atoms with Crippen LogP contribution in [0.1, 0.15) is 6.92 Å². The third kappa shape index (κ3) is 4.51. The second kappa shape index (κ2) is 7.65. The highest BCUT2D eigenvalue weighted by Crippen LogP contribution is 2.24. The number of benzene rings is 1. The highest BCUT2D eigenvalue weighted by Gasteiger charge is 2.11. The maximum atomic E-state index is 5.85. The number of ether oxygens (including phenoxy) is 2. The molecule has 0 fully saturated rings. The fraction of sp³-hybridized carbons (Fsp3) is 0.500. The summed E-state index contributed by atoms with van der Waals surface area (Å²) in [6.45, 7) is 4.36. The summed E-state index contributed by atoms with van der Waals surface area (Å²) < 4.78 is 12.0. The van der Waals surface area contributed by atoms with E-state index in [-0.39, 0.29) is 6.10 Å². The van der Waals surface area contributed by atoms with Gasteiger partial charge in [-0.05, 0) is 34.6 Å². The average molecular weight is 288 g/mol. The van der Waals surface area contributed by atoms with Gasteiger partial charge in [-0.1, -0.05) is 19.1 Å². The monoisotopic (exact) mass is 287 g/mol. The lowest BCUT2D eigenvalue weighted by molar-refractivity contribution is 0.0805. The fourth-order valence-electron chi connectivity index (χ4n) is 1.35. The quantitative estimate of drug-likeness (QED) is 0.836. The van der Waals surface area contributed by atoms with E-state index in [2.05, 4.69) is 28.2 Å². The smallest absolute Gasteiger partial charge is 0.134 e. The molecule has 1 unspecified atom stereocenters. The molecule has 0 saturated carbocycles. The number of para-hydroxylation sites is 1. The van der Waals surface area contributed by atoms with Crippen molar-refractivity contribution in [1.29, 1.82) is 0 Å². The summed E-state index contributed by atoms with van der Waals surface area (Å²) in [5, 5.41) is 3.25. The summed E-state index contributed by atoms with van der Waals surface area (Å²) in [6.07, 6.45) is 0.0312. The van der Waals surface area contributed by atoms with E-state index in [1.165, 1.54) is 0 Å². The van der Waals surface area contributed by atoms with E-state index in [1.54, 1.807) is 7.11 Å². The number of hydrogen-bond acceptors (Lipinski definition) is 3. The zero-order valence-corrected chi connectivity index (χ0v) is 11.3. The van der Waals surface area contributed by atoms with Crippen LogP contribution in [0.15, 0.2) is 28.7 Å². The van der Waals surface area contributed by atoms with Crippen LogP contribution in [-0.2, 0) is 4.74 Å². The zero-order chi connectivity index (χ0) is 11.8. The zero-order valence-electron chi connectivity index (χ0n) is 9.70. The van der Waals surface area contributed by atoms with Crippen LogP contribution in [0.4, 0.5) is 0 Å². The van der Waals surface area contributed by atoms with Gasteiger partial charge in [0.05, 0.1) is 11.1 Å². The van der Waals surface area contributed by atoms with Gasteiger partial charge in [0.1, 0.15) is 11.9 Å². The number of nitrogens with one attached hydrogen (secondary N) is 1. The predicted octanol–water partition coefficient (Wildman–Crippen LogP) is 2.45. The number of methoxy groups -OCH3 is 1. The van der Waals surface area contributed by atoms with Crippen LogP contribution < -0.4 is 10.1 Å². The van der Waals surface area contributed by atoms with Gasteiger partial charge in [-0.2, -0.15) is 0 Å². The van der Waals surface area contributed by atoms with E-state index in [4.69, 9.17) is 9.47 Å². The molecule has 1 N–H and O–H groups in total. The fourth-order valence-corrected chi connectivity index (χ4v) is 1.72. The largest absolute Gasteiger partial charge is 0.486 e. The van der Waals surface area contributed by atoms with Crippen molar-refractivity contribution in [2.24, 2.45) is 0 Å². The average Bonchev–Trinajstić information content (AvgIpc) is 2.29. The number of rotatable bonds is 7. The summed E-state index contributed by atoms with van der Waals surface area (Å²) in [6, 6.07) is 7.83. The molecule has 1 atom stereocenters. The summed E-state index contributed by atoms with van der Waals surface area (Å²) in [7, 11) is 1.68. The maximum Gasteiger partial charge on any atom is 0.134 e. The summed E-state index contributed by atoms with van der Waals surface area (Å²) >= 11 is 3.46. The molecule has 0 aliphatic heterocycles. The second-order valence-electron chi connectivity index (χ2n) is 3.43. The van der Waals surface area contributed by atoms with Gasteiger partial charge in [0.2, 0.25) is 0 Å². The second-order valence-corrected chi connectivity index (χ2v) is 4.29. The molecule has 90 valence electrons. The lowest BCUT2D eigenvalue weighted by Gasteiger charge is -2.19.